The highest BCUT2D eigenvalue weighted by Gasteiger charge is 2.37. The normalized spacial score (nSPS) is 25.0. The van der Waals surface area contributed by atoms with Gasteiger partial charge >= 0.3 is 0 Å². The summed E-state index contributed by atoms with van der Waals surface area (Å²) in [5.41, 5.74) is -0.217. The number of nitrogens with zero attached hydrogens (tertiary/aromatic N) is 1. The number of hydrogen-bond donors (Lipinski definition) is 1. The molecule has 1 amide bonds. The van der Waals surface area contributed by atoms with Crippen molar-refractivity contribution in [2.24, 2.45) is 5.41 Å². The van der Waals surface area contributed by atoms with Crippen molar-refractivity contribution < 1.29 is 4.79 Å². The smallest absolute Gasteiger partial charge is 0.227 e. The lowest BCUT2D eigenvalue weighted by molar-refractivity contribution is -0.133. The van der Waals surface area contributed by atoms with Crippen molar-refractivity contribution in [3.63, 3.8) is 0 Å². The zero-order chi connectivity index (χ0) is 13.0. The predicted octanol–water partition coefficient (Wildman–Crippen LogP) is 2.49. The number of rotatable bonds is 4. The first-order valence-corrected chi connectivity index (χ1v) is 7.55. The van der Waals surface area contributed by atoms with Crippen molar-refractivity contribution in [2.45, 2.75) is 33.2 Å². The minimum absolute atomic E-state index is 0.209. The first kappa shape index (κ1) is 13.6. The second-order valence-electron chi connectivity index (χ2n) is 5.31. The number of thiophene rings is 1. The molecule has 1 atom stereocenters. The maximum atomic E-state index is 12.1. The van der Waals surface area contributed by atoms with E-state index < -0.39 is 0 Å². The van der Waals surface area contributed by atoms with Crippen molar-refractivity contribution in [3.8, 4) is 0 Å². The number of carbonyl (C=O) groups excluding carboxylic acids is 1. The van der Waals surface area contributed by atoms with Gasteiger partial charge in [-0.05, 0) is 44.7 Å². The average molecular weight is 266 g/mol. The molecule has 0 saturated carbocycles. The Bertz CT molecular complexity index is 391. The minimum atomic E-state index is -0.217. The third-order valence-electron chi connectivity index (χ3n) is 3.62. The van der Waals surface area contributed by atoms with E-state index in [9.17, 15) is 4.79 Å². The lowest BCUT2D eigenvalue weighted by Crippen LogP contribution is -2.49. The van der Waals surface area contributed by atoms with E-state index in [-0.39, 0.29) is 11.3 Å². The predicted molar refractivity (Wildman–Crippen MR) is 75.6 cm³/mol. The fourth-order valence-electron chi connectivity index (χ4n) is 2.66. The van der Waals surface area contributed by atoms with Gasteiger partial charge in [0, 0.05) is 24.5 Å². The van der Waals surface area contributed by atoms with Gasteiger partial charge < -0.3 is 5.32 Å². The summed E-state index contributed by atoms with van der Waals surface area (Å²) < 4.78 is 0. The third kappa shape index (κ3) is 3.12. The van der Waals surface area contributed by atoms with E-state index in [0.717, 1.165) is 39.0 Å². The van der Waals surface area contributed by atoms with Gasteiger partial charge in [-0.1, -0.05) is 6.07 Å². The monoisotopic (exact) mass is 266 g/mol. The van der Waals surface area contributed by atoms with E-state index in [2.05, 4.69) is 34.7 Å². The van der Waals surface area contributed by atoms with Crippen molar-refractivity contribution >= 4 is 17.2 Å². The quantitative estimate of drug-likeness (QED) is 0.908. The Kier molecular flexibility index (Phi) is 4.40. The Morgan fingerprint density at radius 1 is 1.61 bits per heavy atom. The summed E-state index contributed by atoms with van der Waals surface area (Å²) in [6.07, 6.45) is 2.11. The first-order chi connectivity index (χ1) is 8.64. The number of amides is 1. The van der Waals surface area contributed by atoms with Crippen LogP contribution in [0.3, 0.4) is 0 Å². The number of nitrogens with one attached hydrogen (secondary N) is 1. The molecule has 1 aliphatic heterocycles. The van der Waals surface area contributed by atoms with Gasteiger partial charge in [-0.2, -0.15) is 0 Å². The Morgan fingerprint density at radius 3 is 3.11 bits per heavy atom. The molecule has 4 heteroatoms. The molecule has 1 N–H and O–H groups in total. The summed E-state index contributed by atoms with van der Waals surface area (Å²) in [6, 6.07) is 4.26. The van der Waals surface area contributed by atoms with Gasteiger partial charge in [0.2, 0.25) is 5.91 Å². The first-order valence-electron chi connectivity index (χ1n) is 6.67. The average Bonchev–Trinajstić information content (AvgIpc) is 2.82. The van der Waals surface area contributed by atoms with Crippen LogP contribution in [0.4, 0.5) is 0 Å². The zero-order valence-corrected chi connectivity index (χ0v) is 12.1. The molecule has 0 aliphatic carbocycles. The molecule has 0 aromatic carbocycles. The SMILES string of the molecule is CCNC(=O)C1(C)CCCN(Cc2cccs2)C1. The highest BCUT2D eigenvalue weighted by molar-refractivity contribution is 7.09. The lowest BCUT2D eigenvalue weighted by Gasteiger charge is -2.39. The van der Waals surface area contributed by atoms with E-state index in [1.807, 2.05) is 6.92 Å². The van der Waals surface area contributed by atoms with Gasteiger partial charge in [-0.25, -0.2) is 0 Å². The number of likely N-dealkylation sites (tertiary alicyclic amines) is 1. The van der Waals surface area contributed by atoms with E-state index in [4.69, 9.17) is 0 Å². The highest BCUT2D eigenvalue weighted by atomic mass is 32.1. The van der Waals surface area contributed by atoms with Crippen molar-refractivity contribution in [3.05, 3.63) is 22.4 Å². The summed E-state index contributed by atoms with van der Waals surface area (Å²) in [4.78, 5) is 15.9. The fourth-order valence-corrected chi connectivity index (χ4v) is 3.41. The van der Waals surface area contributed by atoms with Crippen LogP contribution < -0.4 is 5.32 Å². The van der Waals surface area contributed by atoms with Crippen LogP contribution >= 0.6 is 11.3 Å². The maximum absolute atomic E-state index is 12.1. The van der Waals surface area contributed by atoms with E-state index >= 15 is 0 Å². The molecule has 1 saturated heterocycles. The second kappa shape index (κ2) is 5.85. The molecular formula is C14H22N2OS. The summed E-state index contributed by atoms with van der Waals surface area (Å²) in [5.74, 6) is 0.209. The highest BCUT2D eigenvalue weighted by Crippen LogP contribution is 2.30. The van der Waals surface area contributed by atoms with Gasteiger partial charge in [0.05, 0.1) is 5.41 Å². The molecule has 0 radical (unpaired) electrons. The van der Waals surface area contributed by atoms with Gasteiger partial charge in [0.25, 0.3) is 0 Å². The molecule has 1 aliphatic rings. The van der Waals surface area contributed by atoms with Crippen LogP contribution in [0.15, 0.2) is 17.5 Å². The summed E-state index contributed by atoms with van der Waals surface area (Å²) in [6.45, 7) is 7.75. The van der Waals surface area contributed by atoms with E-state index in [0.29, 0.717) is 0 Å². The van der Waals surface area contributed by atoms with Crippen LogP contribution in [0.25, 0.3) is 0 Å². The second-order valence-corrected chi connectivity index (χ2v) is 6.35. The van der Waals surface area contributed by atoms with Crippen molar-refractivity contribution in [1.82, 2.24) is 10.2 Å². The number of hydrogen-bond acceptors (Lipinski definition) is 3. The molecule has 18 heavy (non-hydrogen) atoms. The van der Waals surface area contributed by atoms with Gasteiger partial charge in [0.1, 0.15) is 0 Å². The fraction of sp³-hybridized carbons (Fsp3) is 0.643. The third-order valence-corrected chi connectivity index (χ3v) is 4.48. The molecule has 1 aromatic rings. The molecule has 1 fully saturated rings. The van der Waals surface area contributed by atoms with Crippen molar-refractivity contribution in [2.75, 3.05) is 19.6 Å². The van der Waals surface area contributed by atoms with E-state index in [1.54, 1.807) is 11.3 Å². The van der Waals surface area contributed by atoms with Crippen LogP contribution in [0.1, 0.15) is 31.6 Å². The molecule has 3 nitrogen and oxygen atoms in total. The standard InChI is InChI=1S/C14H22N2OS/c1-3-15-13(17)14(2)7-5-8-16(11-14)10-12-6-4-9-18-12/h4,6,9H,3,5,7-8,10-11H2,1-2H3,(H,15,17). The van der Waals surface area contributed by atoms with Crippen LogP contribution in [0.5, 0.6) is 0 Å². The Balaban J connectivity index is 1.97. The molecule has 1 aromatic heterocycles. The van der Waals surface area contributed by atoms with Gasteiger partial charge in [0.15, 0.2) is 0 Å². The Labute approximate surface area is 113 Å². The number of piperidine rings is 1. The van der Waals surface area contributed by atoms with Gasteiger partial charge in [-0.3, -0.25) is 9.69 Å². The van der Waals surface area contributed by atoms with Crippen LogP contribution in [0.2, 0.25) is 0 Å². The Hall–Kier alpha value is -0.870. The zero-order valence-electron chi connectivity index (χ0n) is 11.2. The largest absolute Gasteiger partial charge is 0.356 e. The summed E-state index contributed by atoms with van der Waals surface area (Å²) >= 11 is 1.79. The van der Waals surface area contributed by atoms with Crippen LogP contribution in [-0.4, -0.2) is 30.4 Å². The molecule has 0 bridgehead atoms. The summed E-state index contributed by atoms with van der Waals surface area (Å²) in [5, 5.41) is 5.09. The molecule has 2 heterocycles. The lowest BCUT2D eigenvalue weighted by atomic mass is 9.81. The van der Waals surface area contributed by atoms with E-state index in [1.165, 1.54) is 4.88 Å². The number of carbonyl (C=O) groups is 1. The van der Waals surface area contributed by atoms with Crippen LogP contribution in [0, 0.1) is 5.41 Å². The molecule has 100 valence electrons. The molecule has 2 rings (SSSR count). The molecule has 0 spiro atoms. The minimum Gasteiger partial charge on any atom is -0.356 e. The summed E-state index contributed by atoms with van der Waals surface area (Å²) in [7, 11) is 0. The topological polar surface area (TPSA) is 32.3 Å². The maximum Gasteiger partial charge on any atom is 0.227 e. The molecule has 1 unspecified atom stereocenters. The van der Waals surface area contributed by atoms with Gasteiger partial charge in [-0.15, -0.1) is 11.3 Å². The molecular weight excluding hydrogens is 244 g/mol. The van der Waals surface area contributed by atoms with Crippen molar-refractivity contribution in [1.29, 1.82) is 0 Å². The van der Waals surface area contributed by atoms with Crippen LogP contribution in [-0.2, 0) is 11.3 Å². The Morgan fingerprint density at radius 2 is 2.44 bits per heavy atom.